The van der Waals surface area contributed by atoms with E-state index in [4.69, 9.17) is 10.9 Å². The van der Waals surface area contributed by atoms with Crippen molar-refractivity contribution >= 4 is 11.5 Å². The number of nitrogens with zero attached hydrogens (tertiary/aromatic N) is 3. The van der Waals surface area contributed by atoms with E-state index in [2.05, 4.69) is 46.1 Å². The van der Waals surface area contributed by atoms with Gasteiger partial charge < -0.3 is 15.8 Å². The number of amidine groups is 1. The Kier molecular flexibility index (Phi) is 4.27. The topological polar surface area (TPSA) is 65.1 Å². The van der Waals surface area contributed by atoms with Crippen molar-refractivity contribution in [2.75, 3.05) is 31.1 Å². The van der Waals surface area contributed by atoms with Crippen molar-refractivity contribution in [1.82, 2.24) is 4.90 Å². The molecule has 5 nitrogen and oxygen atoms in total. The number of aryl methyl sites for hydroxylation is 1. The molecule has 1 saturated heterocycles. The van der Waals surface area contributed by atoms with Gasteiger partial charge in [0, 0.05) is 31.9 Å². The number of hydrogen-bond donors (Lipinski definition) is 2. The van der Waals surface area contributed by atoms with Crippen LogP contribution in [-0.2, 0) is 0 Å². The lowest BCUT2D eigenvalue weighted by Gasteiger charge is -2.38. The van der Waals surface area contributed by atoms with Crippen LogP contribution in [0.5, 0.6) is 0 Å². The molecular weight excluding hydrogens is 240 g/mol. The fourth-order valence-electron chi connectivity index (χ4n) is 2.46. The maximum atomic E-state index is 8.72. The van der Waals surface area contributed by atoms with E-state index >= 15 is 0 Å². The average Bonchev–Trinajstić information content (AvgIpc) is 2.46. The molecule has 0 radical (unpaired) electrons. The highest BCUT2D eigenvalue weighted by molar-refractivity contribution is 5.84. The Labute approximate surface area is 114 Å². The molecule has 1 aromatic carbocycles. The minimum atomic E-state index is -0.00957. The first-order chi connectivity index (χ1) is 9.11. The summed E-state index contributed by atoms with van der Waals surface area (Å²) in [4.78, 5) is 4.61. The molecule has 1 fully saturated rings. The Bertz CT molecular complexity index is 453. The smallest absolute Gasteiger partial charge is 0.156 e. The van der Waals surface area contributed by atoms with E-state index in [9.17, 15) is 0 Å². The van der Waals surface area contributed by atoms with Crippen molar-refractivity contribution in [2.24, 2.45) is 10.9 Å². The van der Waals surface area contributed by atoms with Crippen LogP contribution in [-0.4, -0.2) is 48.2 Å². The molecule has 0 aromatic heterocycles. The number of nitrogens with two attached hydrogens (primary N) is 1. The van der Waals surface area contributed by atoms with Gasteiger partial charge in [0.25, 0.3) is 0 Å². The largest absolute Gasteiger partial charge is 0.409 e. The summed E-state index contributed by atoms with van der Waals surface area (Å²) in [5.41, 5.74) is 8.21. The van der Waals surface area contributed by atoms with Gasteiger partial charge in [-0.2, -0.15) is 0 Å². The number of oxime groups is 1. The molecule has 1 heterocycles. The quantitative estimate of drug-likeness (QED) is 0.372. The van der Waals surface area contributed by atoms with Crippen LogP contribution < -0.4 is 10.6 Å². The summed E-state index contributed by atoms with van der Waals surface area (Å²) in [6.45, 7) is 7.85. The van der Waals surface area contributed by atoms with Gasteiger partial charge in [-0.25, -0.2) is 0 Å². The molecule has 0 saturated carbocycles. The molecule has 1 aliphatic rings. The van der Waals surface area contributed by atoms with E-state index in [0.717, 1.165) is 26.2 Å². The number of piperazine rings is 1. The highest BCUT2D eigenvalue weighted by atomic mass is 16.4. The number of hydrogen-bond acceptors (Lipinski definition) is 4. The zero-order valence-electron chi connectivity index (χ0n) is 11.6. The number of benzene rings is 1. The summed E-state index contributed by atoms with van der Waals surface area (Å²) in [5, 5.41) is 11.8. The Balaban J connectivity index is 1.96. The van der Waals surface area contributed by atoms with E-state index in [1.165, 1.54) is 11.3 Å². The molecule has 1 aliphatic heterocycles. The van der Waals surface area contributed by atoms with Gasteiger partial charge in [-0.1, -0.05) is 17.3 Å². The van der Waals surface area contributed by atoms with Crippen molar-refractivity contribution in [1.29, 1.82) is 0 Å². The molecule has 1 unspecified atom stereocenters. The highest BCUT2D eigenvalue weighted by Crippen LogP contribution is 2.18. The first kappa shape index (κ1) is 13.7. The predicted octanol–water partition coefficient (Wildman–Crippen LogP) is 1.25. The molecule has 104 valence electrons. The van der Waals surface area contributed by atoms with Gasteiger partial charge >= 0.3 is 0 Å². The summed E-state index contributed by atoms with van der Waals surface area (Å²) in [6.07, 6.45) is 0. The third kappa shape index (κ3) is 3.17. The molecule has 0 amide bonds. The molecule has 0 bridgehead atoms. The zero-order valence-corrected chi connectivity index (χ0v) is 11.6. The van der Waals surface area contributed by atoms with Crippen LogP contribution in [0.3, 0.4) is 0 Å². The maximum absolute atomic E-state index is 8.72. The zero-order chi connectivity index (χ0) is 13.8. The monoisotopic (exact) mass is 262 g/mol. The minimum Gasteiger partial charge on any atom is -0.409 e. The summed E-state index contributed by atoms with van der Waals surface area (Å²) in [7, 11) is 0. The van der Waals surface area contributed by atoms with Crippen LogP contribution in [0.1, 0.15) is 12.5 Å². The fourth-order valence-corrected chi connectivity index (χ4v) is 2.46. The second kappa shape index (κ2) is 5.93. The van der Waals surface area contributed by atoms with Crippen LogP contribution in [0.25, 0.3) is 0 Å². The third-order valence-electron chi connectivity index (χ3n) is 3.77. The van der Waals surface area contributed by atoms with Crippen LogP contribution in [0.4, 0.5) is 5.69 Å². The summed E-state index contributed by atoms with van der Waals surface area (Å²) >= 11 is 0. The molecular formula is C14H22N4O. The van der Waals surface area contributed by atoms with Crippen molar-refractivity contribution in [3.63, 3.8) is 0 Å². The Hall–Kier alpha value is -1.75. The summed E-state index contributed by atoms with van der Waals surface area (Å²) in [5.74, 6) is 0.281. The maximum Gasteiger partial charge on any atom is 0.156 e. The van der Waals surface area contributed by atoms with E-state index < -0.39 is 0 Å². The SMILES string of the molecule is Cc1cccc(N2CCN(C(C)C(N)=NO)CC2)c1. The molecule has 1 atom stereocenters. The molecule has 0 aliphatic carbocycles. The van der Waals surface area contributed by atoms with Gasteiger partial charge in [-0.05, 0) is 31.5 Å². The van der Waals surface area contributed by atoms with Crippen molar-refractivity contribution < 1.29 is 5.21 Å². The molecule has 5 heteroatoms. The van der Waals surface area contributed by atoms with Crippen LogP contribution in [0, 0.1) is 6.92 Å². The van der Waals surface area contributed by atoms with Crippen molar-refractivity contribution in [3.05, 3.63) is 29.8 Å². The lowest BCUT2D eigenvalue weighted by Crippen LogP contribution is -2.53. The lowest BCUT2D eigenvalue weighted by molar-refractivity contribution is 0.230. The van der Waals surface area contributed by atoms with Crippen LogP contribution in [0.15, 0.2) is 29.4 Å². The predicted molar refractivity (Wildman–Crippen MR) is 77.8 cm³/mol. The van der Waals surface area contributed by atoms with E-state index in [-0.39, 0.29) is 11.9 Å². The first-order valence-electron chi connectivity index (χ1n) is 6.65. The lowest BCUT2D eigenvalue weighted by atomic mass is 10.1. The molecule has 19 heavy (non-hydrogen) atoms. The van der Waals surface area contributed by atoms with Gasteiger partial charge in [0.1, 0.15) is 0 Å². The van der Waals surface area contributed by atoms with E-state index in [1.54, 1.807) is 0 Å². The van der Waals surface area contributed by atoms with Crippen LogP contribution in [0.2, 0.25) is 0 Å². The van der Waals surface area contributed by atoms with Gasteiger partial charge in [0.15, 0.2) is 5.84 Å². The standard InChI is InChI=1S/C14H22N4O/c1-11-4-3-5-13(10-11)18-8-6-17(7-9-18)12(2)14(15)16-19/h3-5,10,12,19H,6-9H2,1-2H3,(H2,15,16). The minimum absolute atomic E-state index is 0.00957. The third-order valence-corrected chi connectivity index (χ3v) is 3.77. The first-order valence-corrected chi connectivity index (χ1v) is 6.65. The summed E-state index contributed by atoms with van der Waals surface area (Å²) in [6, 6.07) is 8.55. The Morgan fingerprint density at radius 3 is 2.58 bits per heavy atom. The second-order valence-corrected chi connectivity index (χ2v) is 5.06. The Morgan fingerprint density at radius 1 is 1.32 bits per heavy atom. The van der Waals surface area contributed by atoms with E-state index in [1.807, 2.05) is 6.92 Å². The average molecular weight is 262 g/mol. The number of anilines is 1. The normalized spacial score (nSPS) is 19.5. The van der Waals surface area contributed by atoms with Gasteiger partial charge in [-0.3, -0.25) is 4.90 Å². The fraction of sp³-hybridized carbons (Fsp3) is 0.500. The summed E-state index contributed by atoms with van der Waals surface area (Å²) < 4.78 is 0. The van der Waals surface area contributed by atoms with Crippen LogP contribution >= 0.6 is 0 Å². The van der Waals surface area contributed by atoms with Gasteiger partial charge in [-0.15, -0.1) is 0 Å². The Morgan fingerprint density at radius 2 is 2.00 bits per heavy atom. The van der Waals surface area contributed by atoms with Gasteiger partial charge in [0.05, 0.1) is 6.04 Å². The molecule has 0 spiro atoms. The highest BCUT2D eigenvalue weighted by Gasteiger charge is 2.23. The molecule has 1 aromatic rings. The van der Waals surface area contributed by atoms with Crippen molar-refractivity contribution in [3.8, 4) is 0 Å². The van der Waals surface area contributed by atoms with Crippen molar-refractivity contribution in [2.45, 2.75) is 19.9 Å². The molecule has 3 N–H and O–H groups in total. The second-order valence-electron chi connectivity index (χ2n) is 5.06. The molecule has 2 rings (SSSR count). The van der Waals surface area contributed by atoms with E-state index in [0.29, 0.717) is 0 Å². The van der Waals surface area contributed by atoms with Gasteiger partial charge in [0.2, 0.25) is 0 Å². The number of rotatable bonds is 3.